The number of rotatable bonds is 3. The number of carbonyl (C=O) groups is 2. The molecule has 1 aliphatic carbocycles. The van der Waals surface area contributed by atoms with Crippen LogP contribution in [0.5, 0.6) is 0 Å². The molecule has 1 aliphatic rings. The lowest BCUT2D eigenvalue weighted by Gasteiger charge is -2.26. The second-order valence-electron chi connectivity index (χ2n) is 4.87. The lowest BCUT2D eigenvalue weighted by molar-refractivity contribution is -0.142. The number of hydrogen-bond donors (Lipinski definition) is 2. The third-order valence-corrected chi connectivity index (χ3v) is 3.77. The molecule has 19 heavy (non-hydrogen) atoms. The number of carboxylic acids is 1. The molecule has 1 aromatic carbocycles. The van der Waals surface area contributed by atoms with Gasteiger partial charge in [0, 0.05) is 16.6 Å². The average Bonchev–Trinajstić information content (AvgIpc) is 2.40. The van der Waals surface area contributed by atoms with Gasteiger partial charge in [0.2, 0.25) is 0 Å². The minimum atomic E-state index is -0.734. The van der Waals surface area contributed by atoms with E-state index in [1.807, 2.05) is 0 Å². The monoisotopic (exact) mass is 281 g/mol. The van der Waals surface area contributed by atoms with Crippen molar-refractivity contribution in [1.29, 1.82) is 0 Å². The first-order chi connectivity index (χ1) is 9.06. The Morgan fingerprint density at radius 1 is 1.11 bits per heavy atom. The molecule has 1 aromatic rings. The predicted molar refractivity (Wildman–Crippen MR) is 72.3 cm³/mol. The number of hydrogen-bond acceptors (Lipinski definition) is 2. The van der Waals surface area contributed by atoms with E-state index in [2.05, 4.69) is 5.32 Å². The van der Waals surface area contributed by atoms with E-state index in [1.165, 1.54) is 0 Å². The highest BCUT2D eigenvalue weighted by Gasteiger charge is 2.26. The van der Waals surface area contributed by atoms with Gasteiger partial charge in [-0.15, -0.1) is 0 Å². The second kappa shape index (κ2) is 6.06. The van der Waals surface area contributed by atoms with E-state index in [9.17, 15) is 9.59 Å². The van der Waals surface area contributed by atoms with Gasteiger partial charge in [0.05, 0.1) is 5.92 Å². The normalized spacial score (nSPS) is 22.8. The number of amides is 1. The van der Waals surface area contributed by atoms with E-state index in [-0.39, 0.29) is 17.9 Å². The first-order valence-corrected chi connectivity index (χ1v) is 6.73. The molecule has 0 radical (unpaired) electrons. The van der Waals surface area contributed by atoms with Gasteiger partial charge in [-0.25, -0.2) is 0 Å². The van der Waals surface area contributed by atoms with Gasteiger partial charge in [0.1, 0.15) is 0 Å². The van der Waals surface area contributed by atoms with Gasteiger partial charge in [-0.2, -0.15) is 0 Å². The van der Waals surface area contributed by atoms with Crippen LogP contribution in [0.3, 0.4) is 0 Å². The quantitative estimate of drug-likeness (QED) is 0.895. The Balaban J connectivity index is 1.87. The molecule has 1 amide bonds. The summed E-state index contributed by atoms with van der Waals surface area (Å²) in [5, 5.41) is 12.4. The molecule has 0 bridgehead atoms. The van der Waals surface area contributed by atoms with Crippen LogP contribution in [-0.4, -0.2) is 23.0 Å². The van der Waals surface area contributed by atoms with Gasteiger partial charge >= 0.3 is 5.97 Å². The highest BCUT2D eigenvalue weighted by molar-refractivity contribution is 6.30. The Hall–Kier alpha value is -1.55. The molecule has 0 spiro atoms. The van der Waals surface area contributed by atoms with Crippen molar-refractivity contribution < 1.29 is 14.7 Å². The second-order valence-corrected chi connectivity index (χ2v) is 5.30. The maximum atomic E-state index is 12.0. The van der Waals surface area contributed by atoms with Crippen LogP contribution < -0.4 is 5.32 Å². The SMILES string of the molecule is O=C(NC1CCC(C(=O)O)CC1)c1ccc(Cl)cc1. The van der Waals surface area contributed by atoms with E-state index in [0.717, 1.165) is 12.8 Å². The number of halogens is 1. The minimum Gasteiger partial charge on any atom is -0.481 e. The van der Waals surface area contributed by atoms with Crippen LogP contribution in [0.15, 0.2) is 24.3 Å². The van der Waals surface area contributed by atoms with E-state index >= 15 is 0 Å². The highest BCUT2D eigenvalue weighted by atomic mass is 35.5. The number of nitrogens with one attached hydrogen (secondary N) is 1. The fraction of sp³-hybridized carbons (Fsp3) is 0.429. The zero-order chi connectivity index (χ0) is 13.8. The molecule has 0 atom stereocenters. The van der Waals surface area contributed by atoms with Crippen LogP contribution in [-0.2, 0) is 4.79 Å². The van der Waals surface area contributed by atoms with Crippen molar-refractivity contribution in [2.75, 3.05) is 0 Å². The standard InChI is InChI=1S/C14H16ClNO3/c15-11-5-1-9(2-6-11)13(17)16-12-7-3-10(4-8-12)14(18)19/h1-2,5-6,10,12H,3-4,7-8H2,(H,16,17)(H,18,19). The third kappa shape index (κ3) is 3.70. The lowest BCUT2D eigenvalue weighted by atomic mass is 9.86. The van der Waals surface area contributed by atoms with Crippen LogP contribution in [0.2, 0.25) is 5.02 Å². The van der Waals surface area contributed by atoms with Gasteiger partial charge in [-0.1, -0.05) is 11.6 Å². The summed E-state index contributed by atoms with van der Waals surface area (Å²) in [6, 6.07) is 6.79. The Morgan fingerprint density at radius 3 is 2.21 bits per heavy atom. The zero-order valence-corrected chi connectivity index (χ0v) is 11.2. The Bertz CT molecular complexity index is 464. The number of benzene rings is 1. The minimum absolute atomic E-state index is 0.0683. The molecule has 0 aromatic heterocycles. The Morgan fingerprint density at radius 2 is 1.68 bits per heavy atom. The first kappa shape index (κ1) is 13.9. The highest BCUT2D eigenvalue weighted by Crippen LogP contribution is 2.24. The van der Waals surface area contributed by atoms with Gasteiger partial charge in [0.25, 0.3) is 5.91 Å². The zero-order valence-electron chi connectivity index (χ0n) is 10.4. The van der Waals surface area contributed by atoms with Crippen molar-refractivity contribution in [3.05, 3.63) is 34.9 Å². The largest absolute Gasteiger partial charge is 0.481 e. The van der Waals surface area contributed by atoms with Gasteiger partial charge < -0.3 is 10.4 Å². The van der Waals surface area contributed by atoms with Gasteiger partial charge in [0.15, 0.2) is 0 Å². The molecule has 102 valence electrons. The summed E-state index contributed by atoms with van der Waals surface area (Å²) < 4.78 is 0. The summed E-state index contributed by atoms with van der Waals surface area (Å²) in [6.07, 6.45) is 2.69. The fourth-order valence-corrected chi connectivity index (χ4v) is 2.48. The van der Waals surface area contributed by atoms with Crippen molar-refractivity contribution in [2.24, 2.45) is 5.92 Å². The van der Waals surface area contributed by atoms with Gasteiger partial charge in [-0.3, -0.25) is 9.59 Å². The fourth-order valence-electron chi connectivity index (χ4n) is 2.35. The molecule has 1 fully saturated rings. The number of carboxylic acid groups (broad SMARTS) is 1. The van der Waals surface area contributed by atoms with E-state index in [0.29, 0.717) is 23.4 Å². The molecular formula is C14H16ClNO3. The molecule has 1 saturated carbocycles. The van der Waals surface area contributed by atoms with Gasteiger partial charge in [-0.05, 0) is 49.9 Å². The molecular weight excluding hydrogens is 266 g/mol. The maximum absolute atomic E-state index is 12.0. The summed E-state index contributed by atoms with van der Waals surface area (Å²) >= 11 is 5.77. The molecule has 4 nitrogen and oxygen atoms in total. The van der Waals surface area contributed by atoms with Crippen LogP contribution in [0.25, 0.3) is 0 Å². The first-order valence-electron chi connectivity index (χ1n) is 6.35. The maximum Gasteiger partial charge on any atom is 0.306 e. The number of aliphatic carboxylic acids is 1. The molecule has 2 N–H and O–H groups in total. The van der Waals surface area contributed by atoms with Crippen molar-refractivity contribution in [3.8, 4) is 0 Å². The van der Waals surface area contributed by atoms with E-state index < -0.39 is 5.97 Å². The van der Waals surface area contributed by atoms with Crippen molar-refractivity contribution in [2.45, 2.75) is 31.7 Å². The van der Waals surface area contributed by atoms with Crippen molar-refractivity contribution in [1.82, 2.24) is 5.32 Å². The number of carbonyl (C=O) groups excluding carboxylic acids is 1. The predicted octanol–water partition coefficient (Wildman–Crippen LogP) is 2.71. The van der Waals surface area contributed by atoms with E-state index in [4.69, 9.17) is 16.7 Å². The summed E-state index contributed by atoms with van der Waals surface area (Å²) in [5.41, 5.74) is 0.574. The summed E-state index contributed by atoms with van der Waals surface area (Å²) in [7, 11) is 0. The Labute approximate surface area is 116 Å². The topological polar surface area (TPSA) is 66.4 Å². The summed E-state index contributed by atoms with van der Waals surface area (Å²) in [6.45, 7) is 0. The molecule has 2 rings (SSSR count). The van der Waals surface area contributed by atoms with Crippen LogP contribution >= 0.6 is 11.6 Å². The van der Waals surface area contributed by atoms with Crippen LogP contribution in [0.1, 0.15) is 36.0 Å². The van der Waals surface area contributed by atoms with E-state index in [1.54, 1.807) is 24.3 Å². The van der Waals surface area contributed by atoms with Crippen molar-refractivity contribution >= 4 is 23.5 Å². The lowest BCUT2D eigenvalue weighted by Crippen LogP contribution is -2.38. The van der Waals surface area contributed by atoms with Crippen LogP contribution in [0.4, 0.5) is 0 Å². The molecule has 0 saturated heterocycles. The molecule has 0 aliphatic heterocycles. The Kier molecular flexibility index (Phi) is 4.43. The van der Waals surface area contributed by atoms with Crippen molar-refractivity contribution in [3.63, 3.8) is 0 Å². The summed E-state index contributed by atoms with van der Waals surface area (Å²) in [4.78, 5) is 22.8. The molecule has 0 heterocycles. The van der Waals surface area contributed by atoms with Crippen LogP contribution in [0, 0.1) is 5.92 Å². The third-order valence-electron chi connectivity index (χ3n) is 3.52. The molecule has 0 unspecified atom stereocenters. The molecule has 5 heteroatoms. The summed E-state index contributed by atoms with van der Waals surface area (Å²) in [5.74, 6) is -1.12. The average molecular weight is 282 g/mol. The smallest absolute Gasteiger partial charge is 0.306 e.